The summed E-state index contributed by atoms with van der Waals surface area (Å²) in [5.74, 6) is 1.82. The molecule has 0 aliphatic rings. The molecular formula is C16H34Mg. The maximum Gasteiger partial charge on any atom is 2.00 e. The quantitative estimate of drug-likeness (QED) is 0.349. The molecule has 0 saturated carbocycles. The third-order valence-corrected chi connectivity index (χ3v) is 2.72. The van der Waals surface area contributed by atoms with E-state index in [4.69, 9.17) is 0 Å². The Morgan fingerprint density at radius 3 is 1.35 bits per heavy atom. The van der Waals surface area contributed by atoms with Crippen LogP contribution in [0.25, 0.3) is 0 Å². The first-order chi connectivity index (χ1) is 7.76. The molecule has 0 aromatic carbocycles. The monoisotopic (exact) mass is 250 g/mol. The van der Waals surface area contributed by atoms with Crippen LogP contribution in [-0.4, -0.2) is 23.1 Å². The Balaban J connectivity index is -0.000000340. The molecule has 0 atom stereocenters. The van der Waals surface area contributed by atoms with E-state index in [0.717, 1.165) is 6.42 Å². The molecular weight excluding hydrogens is 216 g/mol. The molecule has 0 nitrogen and oxygen atoms in total. The summed E-state index contributed by atoms with van der Waals surface area (Å²) in [7, 11) is 0. The fourth-order valence-corrected chi connectivity index (χ4v) is 1.58. The van der Waals surface area contributed by atoms with E-state index in [1.165, 1.54) is 57.8 Å². The number of hydrogen-bond acceptors (Lipinski definition) is 0. The van der Waals surface area contributed by atoms with E-state index in [1.54, 1.807) is 0 Å². The molecule has 0 radical (unpaired) electrons. The van der Waals surface area contributed by atoms with Gasteiger partial charge in [-0.15, -0.1) is 0 Å². The van der Waals surface area contributed by atoms with E-state index >= 15 is 0 Å². The van der Waals surface area contributed by atoms with Crippen molar-refractivity contribution in [2.75, 3.05) is 0 Å². The summed E-state index contributed by atoms with van der Waals surface area (Å²) in [6.45, 7) is 12.6. The van der Waals surface area contributed by atoms with Crippen LogP contribution in [-0.2, 0) is 0 Å². The standard InChI is InChI=1S/C12H25.C4H9.Mg/c1-4-7-10-12(9-6-3)11-8-5-2;1-3-4-2;/h4-11H2,1-3H3;1,3-4H2,2H3;/q2*-1;+2. The van der Waals surface area contributed by atoms with Crippen molar-refractivity contribution in [1.82, 2.24) is 0 Å². The van der Waals surface area contributed by atoms with Crippen LogP contribution in [0.2, 0.25) is 0 Å². The minimum Gasteiger partial charge on any atom is -0.343 e. The third-order valence-electron chi connectivity index (χ3n) is 2.72. The first-order valence-corrected chi connectivity index (χ1v) is 7.39. The van der Waals surface area contributed by atoms with Gasteiger partial charge in [-0.2, -0.15) is 25.7 Å². The molecule has 0 aromatic rings. The average Bonchev–Trinajstić information content (AvgIpc) is 2.33. The van der Waals surface area contributed by atoms with Crippen molar-refractivity contribution in [3.8, 4) is 0 Å². The van der Waals surface area contributed by atoms with Crippen LogP contribution in [0.3, 0.4) is 0 Å². The molecule has 0 bridgehead atoms. The molecule has 0 spiro atoms. The van der Waals surface area contributed by atoms with Gasteiger partial charge in [-0.25, -0.2) is 0 Å². The summed E-state index contributed by atoms with van der Waals surface area (Å²) in [5.41, 5.74) is 0. The molecule has 0 amide bonds. The minimum atomic E-state index is 0. The van der Waals surface area contributed by atoms with Gasteiger partial charge in [0.2, 0.25) is 0 Å². The van der Waals surface area contributed by atoms with E-state index in [0.29, 0.717) is 0 Å². The molecule has 0 aromatic heterocycles. The topological polar surface area (TPSA) is 0 Å². The fraction of sp³-hybridized carbons (Fsp3) is 0.875. The minimum absolute atomic E-state index is 0. The Morgan fingerprint density at radius 2 is 1.12 bits per heavy atom. The molecule has 0 rings (SSSR count). The van der Waals surface area contributed by atoms with E-state index < -0.39 is 0 Å². The summed E-state index contributed by atoms with van der Waals surface area (Å²) < 4.78 is 0. The summed E-state index contributed by atoms with van der Waals surface area (Å²) in [6.07, 6.45) is 13.3. The van der Waals surface area contributed by atoms with Gasteiger partial charge in [-0.1, -0.05) is 66.2 Å². The van der Waals surface area contributed by atoms with Gasteiger partial charge in [0.15, 0.2) is 0 Å². The second-order valence-corrected chi connectivity index (χ2v) is 4.56. The Labute approximate surface area is 127 Å². The predicted octanol–water partition coefficient (Wildman–Crippen LogP) is 5.98. The van der Waals surface area contributed by atoms with E-state index in [2.05, 4.69) is 34.6 Å². The van der Waals surface area contributed by atoms with Gasteiger partial charge in [0.05, 0.1) is 0 Å². The van der Waals surface area contributed by atoms with Gasteiger partial charge in [-0.3, -0.25) is 0 Å². The molecule has 0 aliphatic carbocycles. The predicted molar refractivity (Wildman–Crippen MR) is 83.2 cm³/mol. The van der Waals surface area contributed by atoms with E-state index in [1.807, 2.05) is 5.92 Å². The number of hydrogen-bond donors (Lipinski definition) is 0. The van der Waals surface area contributed by atoms with Crippen LogP contribution >= 0.6 is 0 Å². The van der Waals surface area contributed by atoms with Crippen LogP contribution in [0.4, 0.5) is 0 Å². The van der Waals surface area contributed by atoms with E-state index in [-0.39, 0.29) is 23.1 Å². The zero-order chi connectivity index (χ0) is 12.6. The van der Waals surface area contributed by atoms with Crippen LogP contribution in [0.1, 0.15) is 91.9 Å². The first-order valence-electron chi connectivity index (χ1n) is 7.39. The van der Waals surface area contributed by atoms with Crippen molar-refractivity contribution in [3.63, 3.8) is 0 Å². The summed E-state index contributed by atoms with van der Waals surface area (Å²) in [5, 5.41) is 0. The van der Waals surface area contributed by atoms with Crippen LogP contribution in [0.5, 0.6) is 0 Å². The molecule has 0 unspecified atom stereocenters. The maximum absolute atomic E-state index is 3.60. The molecule has 0 heterocycles. The maximum atomic E-state index is 3.60. The van der Waals surface area contributed by atoms with Gasteiger partial charge in [0, 0.05) is 0 Å². The zero-order valence-corrected chi connectivity index (χ0v) is 14.4. The van der Waals surface area contributed by atoms with Gasteiger partial charge in [0.25, 0.3) is 0 Å². The first kappa shape index (κ1) is 22.9. The summed E-state index contributed by atoms with van der Waals surface area (Å²) in [6, 6.07) is 0. The number of unbranched alkanes of at least 4 members (excludes halogenated alkanes) is 3. The van der Waals surface area contributed by atoms with Crippen molar-refractivity contribution >= 4 is 23.1 Å². The number of rotatable bonds is 9. The Bertz CT molecular complexity index is 91.7. The average molecular weight is 251 g/mol. The van der Waals surface area contributed by atoms with Crippen molar-refractivity contribution in [2.24, 2.45) is 0 Å². The zero-order valence-electron chi connectivity index (χ0n) is 13.0. The Hall–Kier alpha value is 0.766. The van der Waals surface area contributed by atoms with Crippen LogP contribution in [0.15, 0.2) is 0 Å². The molecule has 100 valence electrons. The Morgan fingerprint density at radius 1 is 0.706 bits per heavy atom. The van der Waals surface area contributed by atoms with Crippen molar-refractivity contribution < 1.29 is 0 Å². The van der Waals surface area contributed by atoms with Gasteiger partial charge in [-0.05, 0) is 0 Å². The van der Waals surface area contributed by atoms with Crippen molar-refractivity contribution in [2.45, 2.75) is 91.9 Å². The molecule has 0 saturated heterocycles. The second-order valence-electron chi connectivity index (χ2n) is 4.56. The molecule has 1 heteroatoms. The third kappa shape index (κ3) is 22.4. The molecule has 0 aliphatic heterocycles. The molecule has 0 fully saturated rings. The second kappa shape index (κ2) is 22.0. The summed E-state index contributed by atoms with van der Waals surface area (Å²) >= 11 is 0. The van der Waals surface area contributed by atoms with E-state index in [9.17, 15) is 0 Å². The van der Waals surface area contributed by atoms with Gasteiger partial charge < -0.3 is 12.8 Å². The molecule has 0 N–H and O–H groups in total. The van der Waals surface area contributed by atoms with Gasteiger partial charge >= 0.3 is 23.1 Å². The SMILES string of the molecule is CCCC[C-](CCC)CCCC.[CH2-]CCC.[Mg+2]. The fourth-order valence-electron chi connectivity index (χ4n) is 1.58. The largest absolute Gasteiger partial charge is 2.00 e. The normalized spacial score (nSPS) is 9.53. The van der Waals surface area contributed by atoms with Crippen molar-refractivity contribution in [1.29, 1.82) is 0 Å². The Kier molecular flexibility index (Phi) is 29.6. The van der Waals surface area contributed by atoms with Crippen LogP contribution < -0.4 is 0 Å². The van der Waals surface area contributed by atoms with Crippen LogP contribution in [0, 0.1) is 12.8 Å². The smallest absolute Gasteiger partial charge is 0.343 e. The molecule has 17 heavy (non-hydrogen) atoms. The van der Waals surface area contributed by atoms with Crippen molar-refractivity contribution in [3.05, 3.63) is 12.8 Å². The summed E-state index contributed by atoms with van der Waals surface area (Å²) in [4.78, 5) is 0. The van der Waals surface area contributed by atoms with Gasteiger partial charge in [0.1, 0.15) is 0 Å².